The van der Waals surface area contributed by atoms with E-state index < -0.39 is 4.92 Å². The number of benzene rings is 1. The van der Waals surface area contributed by atoms with Gasteiger partial charge in [-0.2, -0.15) is 0 Å². The zero-order valence-corrected chi connectivity index (χ0v) is 8.83. The van der Waals surface area contributed by atoms with Crippen molar-refractivity contribution in [1.82, 2.24) is 0 Å². The maximum absolute atomic E-state index is 10.8. The number of nitrogens with zero attached hydrogens (tertiary/aromatic N) is 1. The van der Waals surface area contributed by atoms with Gasteiger partial charge in [-0.15, -0.1) is 0 Å². The van der Waals surface area contributed by atoms with E-state index in [9.17, 15) is 10.1 Å². The van der Waals surface area contributed by atoms with Crippen molar-refractivity contribution in [2.75, 3.05) is 5.73 Å². The molecule has 88 valence electrons. The lowest BCUT2D eigenvalue weighted by Crippen LogP contribution is -2.01. The molecule has 0 radical (unpaired) electrons. The summed E-state index contributed by atoms with van der Waals surface area (Å²) in [5.74, 6) is 0.716. The summed E-state index contributed by atoms with van der Waals surface area (Å²) >= 11 is 0. The molecule has 6 nitrogen and oxygen atoms in total. The fourth-order valence-electron chi connectivity index (χ4n) is 1.39. The monoisotopic (exact) mass is 234 g/mol. The van der Waals surface area contributed by atoms with Gasteiger partial charge in [0.2, 0.25) is 0 Å². The van der Waals surface area contributed by atoms with Crippen LogP contribution in [0.15, 0.2) is 41.0 Å². The molecular formula is C11H10N2O4. The SMILES string of the molecule is Nc1cccc(OCc2ccco2)c1[N+](=O)[O-]. The molecule has 0 saturated carbocycles. The van der Waals surface area contributed by atoms with E-state index in [1.54, 1.807) is 18.2 Å². The quantitative estimate of drug-likeness (QED) is 0.498. The van der Waals surface area contributed by atoms with Crippen molar-refractivity contribution < 1.29 is 14.1 Å². The molecular weight excluding hydrogens is 224 g/mol. The lowest BCUT2D eigenvalue weighted by atomic mass is 10.2. The van der Waals surface area contributed by atoms with Crippen LogP contribution in [0.2, 0.25) is 0 Å². The molecule has 0 unspecified atom stereocenters. The van der Waals surface area contributed by atoms with E-state index in [2.05, 4.69) is 0 Å². The minimum Gasteiger partial charge on any atom is -0.479 e. The molecule has 2 aromatic rings. The molecule has 1 aromatic heterocycles. The largest absolute Gasteiger partial charge is 0.479 e. The number of hydrogen-bond acceptors (Lipinski definition) is 5. The molecule has 2 rings (SSSR count). The summed E-state index contributed by atoms with van der Waals surface area (Å²) in [6.45, 7) is 0.122. The van der Waals surface area contributed by atoms with Crippen LogP contribution in [0.4, 0.5) is 11.4 Å². The van der Waals surface area contributed by atoms with Gasteiger partial charge in [-0.1, -0.05) is 6.07 Å². The van der Waals surface area contributed by atoms with Crippen molar-refractivity contribution >= 4 is 11.4 Å². The first kappa shape index (κ1) is 11.0. The Labute approximate surface area is 96.8 Å². The Morgan fingerprint density at radius 1 is 1.35 bits per heavy atom. The predicted molar refractivity (Wildman–Crippen MR) is 60.5 cm³/mol. The Balaban J connectivity index is 2.21. The molecule has 0 atom stereocenters. The van der Waals surface area contributed by atoms with Gasteiger partial charge in [0.25, 0.3) is 0 Å². The second kappa shape index (κ2) is 4.56. The van der Waals surface area contributed by atoms with E-state index in [1.165, 1.54) is 18.4 Å². The van der Waals surface area contributed by atoms with Crippen molar-refractivity contribution in [2.24, 2.45) is 0 Å². The summed E-state index contributed by atoms with van der Waals surface area (Å²) in [6.07, 6.45) is 1.51. The Kier molecular flexibility index (Phi) is 2.95. The van der Waals surface area contributed by atoms with Gasteiger partial charge in [0.05, 0.1) is 11.2 Å². The third kappa shape index (κ3) is 2.36. The van der Waals surface area contributed by atoms with E-state index in [0.717, 1.165) is 0 Å². The van der Waals surface area contributed by atoms with Crippen molar-refractivity contribution in [3.05, 3.63) is 52.5 Å². The second-order valence-electron chi connectivity index (χ2n) is 3.32. The molecule has 1 aromatic carbocycles. The number of nitrogens with two attached hydrogens (primary N) is 1. The highest BCUT2D eigenvalue weighted by Gasteiger charge is 2.19. The molecule has 6 heteroatoms. The molecule has 0 fully saturated rings. The second-order valence-corrected chi connectivity index (χ2v) is 3.32. The minimum absolute atomic E-state index is 0.0759. The molecule has 2 N–H and O–H groups in total. The van der Waals surface area contributed by atoms with Crippen LogP contribution in [0, 0.1) is 10.1 Å². The maximum atomic E-state index is 10.8. The van der Waals surface area contributed by atoms with Crippen LogP contribution in [-0.2, 0) is 6.61 Å². The molecule has 17 heavy (non-hydrogen) atoms. The van der Waals surface area contributed by atoms with Crippen LogP contribution >= 0.6 is 0 Å². The highest BCUT2D eigenvalue weighted by atomic mass is 16.6. The van der Waals surface area contributed by atoms with E-state index in [1.807, 2.05) is 0 Å². The molecule has 1 heterocycles. The Morgan fingerprint density at radius 3 is 2.82 bits per heavy atom. The van der Waals surface area contributed by atoms with Gasteiger partial charge in [-0.05, 0) is 24.3 Å². The number of nitro benzene ring substituents is 1. The van der Waals surface area contributed by atoms with Gasteiger partial charge in [-0.25, -0.2) is 0 Å². The topological polar surface area (TPSA) is 91.5 Å². The first-order valence-corrected chi connectivity index (χ1v) is 4.86. The third-order valence-electron chi connectivity index (χ3n) is 2.16. The zero-order chi connectivity index (χ0) is 12.3. The number of rotatable bonds is 4. The molecule has 0 aliphatic heterocycles. The van der Waals surface area contributed by atoms with Crippen LogP contribution in [0.3, 0.4) is 0 Å². The summed E-state index contributed by atoms with van der Waals surface area (Å²) in [5, 5.41) is 10.8. The number of nitro groups is 1. The standard InChI is InChI=1S/C11H10N2O4/c12-9-4-1-5-10(11(9)13(14)15)17-7-8-3-2-6-16-8/h1-6H,7,12H2. The lowest BCUT2D eigenvalue weighted by molar-refractivity contribution is -0.385. The third-order valence-corrected chi connectivity index (χ3v) is 2.16. The molecule has 0 bridgehead atoms. The van der Waals surface area contributed by atoms with Gasteiger partial charge >= 0.3 is 5.69 Å². The van der Waals surface area contributed by atoms with Crippen LogP contribution in [-0.4, -0.2) is 4.92 Å². The van der Waals surface area contributed by atoms with Crippen molar-refractivity contribution in [2.45, 2.75) is 6.61 Å². The number of ether oxygens (including phenoxy) is 1. The Morgan fingerprint density at radius 2 is 2.18 bits per heavy atom. The fourth-order valence-corrected chi connectivity index (χ4v) is 1.39. The van der Waals surface area contributed by atoms with Crippen LogP contribution in [0.1, 0.15) is 5.76 Å². The van der Waals surface area contributed by atoms with Crippen molar-refractivity contribution in [3.8, 4) is 5.75 Å². The summed E-state index contributed by atoms with van der Waals surface area (Å²) in [7, 11) is 0. The van der Waals surface area contributed by atoms with E-state index in [0.29, 0.717) is 5.76 Å². The normalized spacial score (nSPS) is 10.1. The van der Waals surface area contributed by atoms with Crippen molar-refractivity contribution in [3.63, 3.8) is 0 Å². The summed E-state index contributed by atoms with van der Waals surface area (Å²) in [4.78, 5) is 10.3. The zero-order valence-electron chi connectivity index (χ0n) is 8.83. The number of anilines is 1. The van der Waals surface area contributed by atoms with Gasteiger partial charge < -0.3 is 14.9 Å². The average Bonchev–Trinajstić information content (AvgIpc) is 2.78. The van der Waals surface area contributed by atoms with Crippen LogP contribution in [0.25, 0.3) is 0 Å². The van der Waals surface area contributed by atoms with Crippen LogP contribution in [0.5, 0.6) is 5.75 Å². The number of furan rings is 1. The van der Waals surface area contributed by atoms with E-state index in [-0.39, 0.29) is 23.7 Å². The predicted octanol–water partition coefficient (Wildman–Crippen LogP) is 2.35. The first-order chi connectivity index (χ1) is 8.18. The number of hydrogen-bond donors (Lipinski definition) is 1. The van der Waals surface area contributed by atoms with Gasteiger partial charge in [0.15, 0.2) is 5.75 Å². The maximum Gasteiger partial charge on any atom is 0.333 e. The van der Waals surface area contributed by atoms with E-state index >= 15 is 0 Å². The molecule has 0 amide bonds. The number of nitrogen functional groups attached to an aromatic ring is 1. The fraction of sp³-hybridized carbons (Fsp3) is 0.0909. The summed E-state index contributed by atoms with van der Waals surface area (Å²) < 4.78 is 10.4. The van der Waals surface area contributed by atoms with Gasteiger partial charge in [-0.3, -0.25) is 10.1 Å². The molecule has 0 aliphatic rings. The molecule has 0 spiro atoms. The Bertz CT molecular complexity index is 522. The van der Waals surface area contributed by atoms with Gasteiger partial charge in [0, 0.05) is 0 Å². The highest BCUT2D eigenvalue weighted by Crippen LogP contribution is 2.32. The smallest absolute Gasteiger partial charge is 0.333 e. The van der Waals surface area contributed by atoms with Crippen LogP contribution < -0.4 is 10.5 Å². The first-order valence-electron chi connectivity index (χ1n) is 4.86. The van der Waals surface area contributed by atoms with E-state index in [4.69, 9.17) is 14.9 Å². The number of para-hydroxylation sites is 1. The summed E-state index contributed by atoms with van der Waals surface area (Å²) in [5.41, 5.74) is 5.38. The highest BCUT2D eigenvalue weighted by molar-refractivity contribution is 5.65. The molecule has 0 saturated heterocycles. The van der Waals surface area contributed by atoms with Gasteiger partial charge in [0.1, 0.15) is 18.1 Å². The summed E-state index contributed by atoms with van der Waals surface area (Å²) in [6, 6.07) is 7.99. The average molecular weight is 234 g/mol. The van der Waals surface area contributed by atoms with Crippen molar-refractivity contribution in [1.29, 1.82) is 0 Å². The lowest BCUT2D eigenvalue weighted by Gasteiger charge is -2.06. The minimum atomic E-state index is -0.563. The molecule has 0 aliphatic carbocycles. The Hall–Kier alpha value is -2.50.